The average Bonchev–Trinajstić information content (AvgIpc) is 2.85. The van der Waals surface area contributed by atoms with Gasteiger partial charge < -0.3 is 0 Å². The Morgan fingerprint density at radius 3 is 1.56 bits per heavy atom. The summed E-state index contributed by atoms with van der Waals surface area (Å²) >= 11 is 0. The second-order valence-electron chi connectivity index (χ2n) is 3.30. The summed E-state index contributed by atoms with van der Waals surface area (Å²) in [5, 5.41) is 0. The fraction of sp³-hybridized carbons (Fsp3) is 0.200. The van der Waals surface area contributed by atoms with Crippen LogP contribution in [0.2, 0.25) is 0 Å². The van der Waals surface area contributed by atoms with Crippen molar-refractivity contribution < 1.29 is 9.59 Å². The van der Waals surface area contributed by atoms with E-state index in [0.29, 0.717) is 11.6 Å². The zero-order valence-electron chi connectivity index (χ0n) is 8.91. The van der Waals surface area contributed by atoms with Gasteiger partial charge in [-0.05, 0) is 13.8 Å². The number of nitrogens with zero attached hydrogens (tertiary/aromatic N) is 4. The average molecular weight is 218 g/mol. The van der Waals surface area contributed by atoms with Crippen LogP contribution in [0.5, 0.6) is 0 Å². The quantitative estimate of drug-likeness (QED) is 0.609. The Morgan fingerprint density at radius 2 is 1.31 bits per heavy atom. The Hall–Kier alpha value is -2.24. The molecule has 0 spiro atoms. The topological polar surface area (TPSA) is 69.8 Å². The zero-order valence-corrected chi connectivity index (χ0v) is 8.91. The summed E-state index contributed by atoms with van der Waals surface area (Å²) < 4.78 is 2.42. The van der Waals surface area contributed by atoms with Crippen molar-refractivity contribution in [3.05, 3.63) is 36.4 Å². The Balaban J connectivity index is 2.34. The number of hydrogen-bond acceptors (Lipinski definition) is 4. The molecule has 16 heavy (non-hydrogen) atoms. The molecule has 6 nitrogen and oxygen atoms in total. The first kappa shape index (κ1) is 10.3. The van der Waals surface area contributed by atoms with E-state index in [1.165, 1.54) is 33.9 Å². The fourth-order valence-corrected chi connectivity index (χ4v) is 1.39. The minimum atomic E-state index is -0.643. The maximum absolute atomic E-state index is 11.8. The van der Waals surface area contributed by atoms with Crippen LogP contribution < -0.4 is 0 Å². The minimum Gasteiger partial charge on any atom is -0.266 e. The third-order valence-corrected chi connectivity index (χ3v) is 2.27. The third kappa shape index (κ3) is 1.54. The molecule has 0 aliphatic heterocycles. The standard InChI is InChI=1S/C10H10N4O2/c1-7-11-3-5-13(7)9(15)10(16)14-6-4-12-8(14)2/h3-6H,1-2H3. The van der Waals surface area contributed by atoms with Crippen LogP contribution in [-0.4, -0.2) is 30.9 Å². The molecular formula is C10H10N4O2. The van der Waals surface area contributed by atoms with Gasteiger partial charge in [0.15, 0.2) is 0 Å². The molecule has 0 saturated carbocycles. The van der Waals surface area contributed by atoms with E-state index in [1.807, 2.05) is 0 Å². The lowest BCUT2D eigenvalue weighted by atomic mass is 10.5. The van der Waals surface area contributed by atoms with Crippen LogP contribution in [0.4, 0.5) is 0 Å². The summed E-state index contributed by atoms with van der Waals surface area (Å²) in [5.74, 6) is -0.320. The molecule has 2 heterocycles. The van der Waals surface area contributed by atoms with Crippen LogP contribution in [0.15, 0.2) is 24.8 Å². The van der Waals surface area contributed by atoms with Crippen molar-refractivity contribution in [2.75, 3.05) is 0 Å². The molecule has 6 heteroatoms. The predicted octanol–water partition coefficient (Wildman–Crippen LogP) is 0.677. The molecule has 82 valence electrons. The third-order valence-electron chi connectivity index (χ3n) is 2.27. The van der Waals surface area contributed by atoms with Crippen molar-refractivity contribution >= 4 is 11.8 Å². The summed E-state index contributed by atoms with van der Waals surface area (Å²) in [6.07, 6.45) is 5.87. The summed E-state index contributed by atoms with van der Waals surface area (Å²) in [6.45, 7) is 3.32. The first-order chi connectivity index (χ1) is 7.61. The molecule has 2 aromatic rings. The summed E-state index contributed by atoms with van der Waals surface area (Å²) in [4.78, 5) is 31.4. The molecule has 0 unspecified atom stereocenters. The molecule has 0 bridgehead atoms. The number of aromatic nitrogens is 4. The highest BCUT2D eigenvalue weighted by Crippen LogP contribution is 2.00. The first-order valence-corrected chi connectivity index (χ1v) is 4.70. The number of rotatable bonds is 0. The molecular weight excluding hydrogens is 208 g/mol. The van der Waals surface area contributed by atoms with Crippen molar-refractivity contribution in [2.45, 2.75) is 13.8 Å². The number of carbonyl (C=O) groups excluding carboxylic acids is 2. The number of imidazole rings is 2. The van der Waals surface area contributed by atoms with Gasteiger partial charge in [-0.3, -0.25) is 18.7 Å². The molecule has 0 aromatic carbocycles. The molecule has 0 aliphatic rings. The molecule has 0 atom stereocenters. The van der Waals surface area contributed by atoms with Crippen LogP contribution in [0, 0.1) is 13.8 Å². The Labute approximate surface area is 91.5 Å². The van der Waals surface area contributed by atoms with Crippen molar-refractivity contribution in [2.24, 2.45) is 0 Å². The molecule has 0 saturated heterocycles. The van der Waals surface area contributed by atoms with Gasteiger partial charge in [0.05, 0.1) is 0 Å². The molecule has 0 N–H and O–H groups in total. The van der Waals surface area contributed by atoms with E-state index in [-0.39, 0.29) is 0 Å². The Morgan fingerprint density at radius 1 is 0.938 bits per heavy atom. The first-order valence-electron chi connectivity index (χ1n) is 4.70. The SMILES string of the molecule is Cc1nccn1C(=O)C(=O)n1ccnc1C. The molecule has 2 rings (SSSR count). The van der Waals surface area contributed by atoms with E-state index >= 15 is 0 Å². The largest absolute Gasteiger partial charge is 0.322 e. The molecule has 0 fully saturated rings. The van der Waals surface area contributed by atoms with E-state index in [1.54, 1.807) is 13.8 Å². The highest BCUT2D eigenvalue weighted by Gasteiger charge is 2.20. The van der Waals surface area contributed by atoms with Gasteiger partial charge in [0.2, 0.25) is 0 Å². The maximum atomic E-state index is 11.8. The van der Waals surface area contributed by atoms with E-state index in [0.717, 1.165) is 0 Å². The van der Waals surface area contributed by atoms with Crippen molar-refractivity contribution in [1.82, 2.24) is 19.1 Å². The maximum Gasteiger partial charge on any atom is 0.322 e. The van der Waals surface area contributed by atoms with Crippen LogP contribution in [-0.2, 0) is 0 Å². The second kappa shape index (κ2) is 3.73. The van der Waals surface area contributed by atoms with Gasteiger partial charge in [-0.1, -0.05) is 0 Å². The van der Waals surface area contributed by atoms with Crippen molar-refractivity contribution in [3.8, 4) is 0 Å². The fourth-order valence-electron chi connectivity index (χ4n) is 1.39. The zero-order chi connectivity index (χ0) is 11.7. The Kier molecular flexibility index (Phi) is 2.40. The highest BCUT2D eigenvalue weighted by atomic mass is 16.2. The minimum absolute atomic E-state index is 0.483. The van der Waals surface area contributed by atoms with E-state index in [2.05, 4.69) is 9.97 Å². The van der Waals surface area contributed by atoms with Gasteiger partial charge in [-0.15, -0.1) is 0 Å². The smallest absolute Gasteiger partial charge is 0.266 e. The van der Waals surface area contributed by atoms with Crippen LogP contribution in [0.1, 0.15) is 21.2 Å². The van der Waals surface area contributed by atoms with Crippen molar-refractivity contribution in [3.63, 3.8) is 0 Å². The van der Waals surface area contributed by atoms with Crippen LogP contribution >= 0.6 is 0 Å². The van der Waals surface area contributed by atoms with Gasteiger partial charge in [-0.25, -0.2) is 9.97 Å². The number of hydrogen-bond donors (Lipinski definition) is 0. The monoisotopic (exact) mass is 218 g/mol. The summed E-state index contributed by atoms with van der Waals surface area (Å²) in [5.41, 5.74) is 0. The lowest BCUT2D eigenvalue weighted by Gasteiger charge is -2.04. The molecule has 0 radical (unpaired) electrons. The normalized spacial score (nSPS) is 10.4. The van der Waals surface area contributed by atoms with Crippen LogP contribution in [0.25, 0.3) is 0 Å². The van der Waals surface area contributed by atoms with E-state index in [9.17, 15) is 9.59 Å². The molecule has 0 amide bonds. The van der Waals surface area contributed by atoms with E-state index in [4.69, 9.17) is 0 Å². The van der Waals surface area contributed by atoms with Gasteiger partial charge >= 0.3 is 11.8 Å². The molecule has 0 aliphatic carbocycles. The summed E-state index contributed by atoms with van der Waals surface area (Å²) in [7, 11) is 0. The lowest BCUT2D eigenvalue weighted by molar-refractivity contribution is 0.0712. The van der Waals surface area contributed by atoms with E-state index < -0.39 is 11.8 Å². The molecule has 2 aromatic heterocycles. The lowest BCUT2D eigenvalue weighted by Crippen LogP contribution is -2.28. The second-order valence-corrected chi connectivity index (χ2v) is 3.30. The van der Waals surface area contributed by atoms with Gasteiger partial charge in [0.25, 0.3) is 0 Å². The number of carbonyl (C=O) groups is 2. The van der Waals surface area contributed by atoms with Gasteiger partial charge in [0, 0.05) is 24.8 Å². The predicted molar refractivity (Wildman–Crippen MR) is 55.2 cm³/mol. The van der Waals surface area contributed by atoms with Gasteiger partial charge in [-0.2, -0.15) is 0 Å². The Bertz CT molecular complexity index is 502. The van der Waals surface area contributed by atoms with Crippen LogP contribution in [0.3, 0.4) is 0 Å². The summed E-state index contributed by atoms with van der Waals surface area (Å²) in [6, 6.07) is 0. The van der Waals surface area contributed by atoms with Gasteiger partial charge in [0.1, 0.15) is 11.6 Å². The van der Waals surface area contributed by atoms with Crippen molar-refractivity contribution in [1.29, 1.82) is 0 Å². The highest BCUT2D eigenvalue weighted by molar-refractivity contribution is 6.37. The number of aryl methyl sites for hydroxylation is 2.